The van der Waals surface area contributed by atoms with Crippen LogP contribution in [0.2, 0.25) is 0 Å². The zero-order chi connectivity index (χ0) is 17.6. The molecule has 2 rings (SSSR count). The van der Waals surface area contributed by atoms with Gasteiger partial charge in [0, 0.05) is 0 Å². The van der Waals surface area contributed by atoms with Gasteiger partial charge in [0.2, 0.25) is 0 Å². The molecule has 0 saturated heterocycles. The van der Waals surface area contributed by atoms with Gasteiger partial charge in [-0.2, -0.15) is 0 Å². The van der Waals surface area contributed by atoms with Crippen LogP contribution in [-0.2, 0) is 6.42 Å². The summed E-state index contributed by atoms with van der Waals surface area (Å²) in [5.41, 5.74) is 3.19. The Balaban J connectivity index is 1.97. The molecule has 2 heteroatoms. The van der Waals surface area contributed by atoms with Crippen LogP contribution >= 0.6 is 0 Å². The zero-order valence-corrected chi connectivity index (χ0v) is 16.2. The quantitative estimate of drug-likeness (QED) is 0.529. The summed E-state index contributed by atoms with van der Waals surface area (Å²) in [6.45, 7) is 9.32. The van der Waals surface area contributed by atoms with E-state index in [1.165, 1.54) is 30.4 Å². The Morgan fingerprint density at radius 1 is 1.12 bits per heavy atom. The molecule has 134 valence electrons. The minimum absolute atomic E-state index is 0.463. The summed E-state index contributed by atoms with van der Waals surface area (Å²) in [4.78, 5) is 0. The second-order valence-electron chi connectivity index (χ2n) is 7.75. The van der Waals surface area contributed by atoms with E-state index in [1.807, 2.05) is 12.3 Å². The fraction of sp³-hybridized carbons (Fsp3) is 0.636. The number of rotatable bonds is 7. The fourth-order valence-corrected chi connectivity index (χ4v) is 3.58. The Kier molecular flexibility index (Phi) is 6.77. The summed E-state index contributed by atoms with van der Waals surface area (Å²) in [5.74, 6) is 2.49. The number of methoxy groups -OCH3 is 1. The number of hydrogen-bond donors (Lipinski definition) is 0. The molecule has 1 aromatic carbocycles. The number of hydrogen-bond acceptors (Lipinski definition) is 2. The standard InChI is InChI=1S/C22H34O2/c1-6-8-17-11-14-20(21(15-17)23-5)24-16-18-9-12-19(13-10-18)22(3,4)7-2/h11,14-16,19H,6-10,12-13H2,1-5H3. The Hall–Kier alpha value is -1.44. The lowest BCUT2D eigenvalue weighted by atomic mass is 9.69. The second-order valence-corrected chi connectivity index (χ2v) is 7.75. The van der Waals surface area contributed by atoms with E-state index in [0.717, 1.165) is 43.1 Å². The van der Waals surface area contributed by atoms with E-state index in [1.54, 1.807) is 7.11 Å². The summed E-state index contributed by atoms with van der Waals surface area (Å²) >= 11 is 0. The number of benzene rings is 1. The highest BCUT2D eigenvalue weighted by Crippen LogP contribution is 2.42. The first-order chi connectivity index (χ1) is 11.5. The highest BCUT2D eigenvalue weighted by atomic mass is 16.5. The molecule has 1 aliphatic rings. The first-order valence-corrected chi connectivity index (χ1v) is 9.51. The van der Waals surface area contributed by atoms with Gasteiger partial charge in [0.25, 0.3) is 0 Å². The molecule has 1 fully saturated rings. The molecular formula is C22H34O2. The van der Waals surface area contributed by atoms with Gasteiger partial charge < -0.3 is 9.47 Å². The van der Waals surface area contributed by atoms with E-state index < -0.39 is 0 Å². The Morgan fingerprint density at radius 2 is 1.83 bits per heavy atom. The van der Waals surface area contributed by atoms with Gasteiger partial charge in [-0.05, 0) is 66.7 Å². The van der Waals surface area contributed by atoms with Crippen molar-refractivity contribution >= 4 is 0 Å². The Bertz CT molecular complexity index is 547. The minimum atomic E-state index is 0.463. The van der Waals surface area contributed by atoms with Crippen molar-refractivity contribution < 1.29 is 9.47 Å². The first-order valence-electron chi connectivity index (χ1n) is 9.51. The molecule has 1 aromatic rings. The Labute approximate surface area is 148 Å². The van der Waals surface area contributed by atoms with Crippen molar-refractivity contribution in [2.24, 2.45) is 11.3 Å². The van der Waals surface area contributed by atoms with Crippen molar-refractivity contribution in [1.29, 1.82) is 0 Å². The van der Waals surface area contributed by atoms with Crippen molar-refractivity contribution in [2.75, 3.05) is 7.11 Å². The van der Waals surface area contributed by atoms with Gasteiger partial charge in [-0.15, -0.1) is 0 Å². The summed E-state index contributed by atoms with van der Waals surface area (Å²) in [6.07, 6.45) is 10.3. The second kappa shape index (κ2) is 8.60. The fourth-order valence-electron chi connectivity index (χ4n) is 3.58. The molecule has 2 nitrogen and oxygen atoms in total. The monoisotopic (exact) mass is 330 g/mol. The van der Waals surface area contributed by atoms with E-state index in [4.69, 9.17) is 9.47 Å². The molecule has 0 atom stereocenters. The predicted octanol–water partition coefficient (Wildman–Crippen LogP) is 6.54. The average molecular weight is 331 g/mol. The van der Waals surface area contributed by atoms with Gasteiger partial charge in [0.1, 0.15) is 0 Å². The lowest BCUT2D eigenvalue weighted by molar-refractivity contribution is 0.166. The minimum Gasteiger partial charge on any atom is -0.493 e. The number of aryl methyl sites for hydroxylation is 1. The van der Waals surface area contributed by atoms with Crippen LogP contribution in [0.15, 0.2) is 30.0 Å². The molecule has 0 radical (unpaired) electrons. The van der Waals surface area contributed by atoms with Crippen LogP contribution in [-0.4, -0.2) is 7.11 Å². The van der Waals surface area contributed by atoms with E-state index >= 15 is 0 Å². The van der Waals surface area contributed by atoms with Crippen LogP contribution in [0.5, 0.6) is 11.5 Å². The highest BCUT2D eigenvalue weighted by molar-refractivity contribution is 5.43. The van der Waals surface area contributed by atoms with Crippen LogP contribution in [0.1, 0.15) is 71.8 Å². The third kappa shape index (κ3) is 4.78. The van der Waals surface area contributed by atoms with Crippen LogP contribution < -0.4 is 9.47 Å². The van der Waals surface area contributed by atoms with Gasteiger partial charge in [0.15, 0.2) is 11.5 Å². The molecule has 1 aliphatic carbocycles. The summed E-state index contributed by atoms with van der Waals surface area (Å²) in [6, 6.07) is 6.27. The first kappa shape index (κ1) is 18.9. The molecule has 0 aromatic heterocycles. The maximum absolute atomic E-state index is 5.96. The van der Waals surface area contributed by atoms with Crippen LogP contribution in [0.4, 0.5) is 0 Å². The molecule has 0 amide bonds. The van der Waals surface area contributed by atoms with Crippen molar-refractivity contribution in [3.8, 4) is 11.5 Å². The van der Waals surface area contributed by atoms with E-state index in [9.17, 15) is 0 Å². The van der Waals surface area contributed by atoms with Crippen LogP contribution in [0.3, 0.4) is 0 Å². The third-order valence-electron chi connectivity index (χ3n) is 5.76. The molecule has 24 heavy (non-hydrogen) atoms. The molecule has 0 spiro atoms. The number of ether oxygens (including phenoxy) is 2. The van der Waals surface area contributed by atoms with Crippen molar-refractivity contribution in [3.63, 3.8) is 0 Å². The molecule has 0 heterocycles. The van der Waals surface area contributed by atoms with E-state index in [0.29, 0.717) is 5.41 Å². The zero-order valence-electron chi connectivity index (χ0n) is 16.2. The van der Waals surface area contributed by atoms with Gasteiger partial charge in [-0.1, -0.05) is 46.6 Å². The molecule has 1 saturated carbocycles. The number of allylic oxidation sites excluding steroid dienone is 1. The molecule has 0 aliphatic heterocycles. The SMILES string of the molecule is CCCc1ccc(OC=C2CCC(C(C)(C)CC)CC2)c(OC)c1. The highest BCUT2D eigenvalue weighted by Gasteiger charge is 2.30. The van der Waals surface area contributed by atoms with Gasteiger partial charge >= 0.3 is 0 Å². The van der Waals surface area contributed by atoms with E-state index in [2.05, 4.69) is 39.8 Å². The smallest absolute Gasteiger partial charge is 0.168 e. The van der Waals surface area contributed by atoms with Crippen molar-refractivity contribution in [1.82, 2.24) is 0 Å². The van der Waals surface area contributed by atoms with Gasteiger partial charge in [-0.3, -0.25) is 0 Å². The summed E-state index contributed by atoms with van der Waals surface area (Å²) < 4.78 is 11.5. The summed E-state index contributed by atoms with van der Waals surface area (Å²) in [5, 5.41) is 0. The molecule has 0 bridgehead atoms. The largest absolute Gasteiger partial charge is 0.493 e. The van der Waals surface area contributed by atoms with Crippen molar-refractivity contribution in [3.05, 3.63) is 35.6 Å². The summed E-state index contributed by atoms with van der Waals surface area (Å²) in [7, 11) is 1.71. The van der Waals surface area contributed by atoms with Crippen molar-refractivity contribution in [2.45, 2.75) is 72.6 Å². The third-order valence-corrected chi connectivity index (χ3v) is 5.76. The molecular weight excluding hydrogens is 296 g/mol. The predicted molar refractivity (Wildman–Crippen MR) is 102 cm³/mol. The molecule has 0 N–H and O–H groups in total. The van der Waals surface area contributed by atoms with E-state index in [-0.39, 0.29) is 0 Å². The lowest BCUT2D eigenvalue weighted by Gasteiger charge is -2.37. The topological polar surface area (TPSA) is 18.5 Å². The van der Waals surface area contributed by atoms with Gasteiger partial charge in [0.05, 0.1) is 13.4 Å². The maximum Gasteiger partial charge on any atom is 0.168 e. The normalized spacial score (nSPS) is 18.4. The Morgan fingerprint density at radius 3 is 2.42 bits per heavy atom. The van der Waals surface area contributed by atoms with Crippen LogP contribution in [0, 0.1) is 11.3 Å². The van der Waals surface area contributed by atoms with Gasteiger partial charge in [-0.25, -0.2) is 0 Å². The molecule has 0 unspecified atom stereocenters. The average Bonchev–Trinajstić information content (AvgIpc) is 2.61. The van der Waals surface area contributed by atoms with Crippen LogP contribution in [0.25, 0.3) is 0 Å². The lowest BCUT2D eigenvalue weighted by Crippen LogP contribution is -2.25. The maximum atomic E-state index is 5.96.